The van der Waals surface area contributed by atoms with Crippen LogP contribution in [0.1, 0.15) is 19.3 Å². The number of rotatable bonds is 1. The Labute approximate surface area is 120 Å². The van der Waals surface area contributed by atoms with Gasteiger partial charge < -0.3 is 10.2 Å². The predicted octanol–water partition coefficient (Wildman–Crippen LogP) is -11.5. The molecule has 122 valence electrons. The van der Waals surface area contributed by atoms with Gasteiger partial charge in [0.1, 0.15) is 5.54 Å². The first kappa shape index (κ1) is 20.2. The first-order valence-corrected chi connectivity index (χ1v) is 8.19. The molecular weight excluding hydrogens is 323 g/mol. The summed E-state index contributed by atoms with van der Waals surface area (Å²) in [7, 11) is -7.64. The Morgan fingerprint density at radius 1 is 0.750 bits per heavy atom. The summed E-state index contributed by atoms with van der Waals surface area (Å²) in [5.41, 5.74) is 0.682. The quantitative estimate of drug-likeness (QED) is 0.467. The van der Waals surface area contributed by atoms with Crippen LogP contribution in [0.3, 0.4) is 0 Å². The highest BCUT2D eigenvalue weighted by Crippen LogP contribution is 2.18. The van der Waals surface area contributed by atoms with Crippen LogP contribution in [0, 0.1) is 20.5 Å². The number of hydrogen-bond donors (Lipinski definition) is 2. The molecule has 3 rings (SSSR count). The number of halogens is 2. The molecule has 3 aliphatic heterocycles. The van der Waals surface area contributed by atoms with Crippen molar-refractivity contribution < 1.29 is 68.0 Å². The van der Waals surface area contributed by atoms with Crippen LogP contribution in [0.5, 0.6) is 0 Å². The van der Waals surface area contributed by atoms with Crippen LogP contribution >= 0.6 is 0 Å². The zero-order valence-electron chi connectivity index (χ0n) is 10.8. The normalized spacial score (nSPS) is 28.9. The predicted molar refractivity (Wildman–Crippen MR) is 40.0 cm³/mol. The summed E-state index contributed by atoms with van der Waals surface area (Å²) in [4.78, 5) is 1.85. The van der Waals surface area contributed by atoms with Gasteiger partial charge >= 0.3 is 0 Å². The number of piperidine rings is 3. The summed E-state index contributed by atoms with van der Waals surface area (Å²) < 4.78 is 67.9. The SMILES string of the molecule is C[NH2+]C12CC[NH+](CC1)CC2.[O-][Cl+3]([O-])([O-])[O-].[O-][Cl+3]([O-])([O-])[O-]. The Morgan fingerprint density at radius 3 is 1.15 bits per heavy atom. The van der Waals surface area contributed by atoms with Gasteiger partial charge in [-0.1, -0.05) is 0 Å². The fraction of sp³-hybridized carbons (Fsp3) is 1.00. The van der Waals surface area contributed by atoms with E-state index in [0.717, 1.165) is 0 Å². The minimum absolute atomic E-state index is 0.682. The lowest BCUT2D eigenvalue weighted by atomic mass is 9.80. The average molecular weight is 341 g/mol. The molecule has 0 saturated carbocycles. The fourth-order valence-corrected chi connectivity index (χ4v) is 2.46. The van der Waals surface area contributed by atoms with Crippen molar-refractivity contribution in [2.24, 2.45) is 0 Å². The van der Waals surface area contributed by atoms with Gasteiger partial charge in [-0.3, -0.25) is 0 Å². The standard InChI is InChI=1S/C8H16N2.2ClHO4/c1-9-8-2-5-10(6-3-8)7-4-8;2*2-1(3,4)5/h9H,2-7H2,1H3;2*(H,2,3,4,5). The van der Waals surface area contributed by atoms with Crippen LogP contribution in [0.4, 0.5) is 0 Å². The van der Waals surface area contributed by atoms with Crippen molar-refractivity contribution in [1.82, 2.24) is 0 Å². The molecule has 0 aliphatic carbocycles. The molecule has 0 radical (unpaired) electrons. The zero-order chi connectivity index (χ0) is 16.0. The van der Waals surface area contributed by atoms with E-state index in [-0.39, 0.29) is 0 Å². The minimum Gasteiger partial charge on any atom is -0.343 e. The Morgan fingerprint density at radius 2 is 1.00 bits per heavy atom. The zero-order valence-corrected chi connectivity index (χ0v) is 12.4. The van der Waals surface area contributed by atoms with Crippen molar-refractivity contribution >= 4 is 0 Å². The first-order chi connectivity index (χ1) is 8.85. The number of fused-ring (bicyclic) bond motifs is 3. The highest BCUT2D eigenvalue weighted by atomic mass is 35.7. The van der Waals surface area contributed by atoms with E-state index in [0.29, 0.717) is 5.54 Å². The molecule has 0 aromatic heterocycles. The van der Waals surface area contributed by atoms with Crippen molar-refractivity contribution in [2.75, 3.05) is 26.7 Å². The molecule has 3 saturated heterocycles. The Bertz CT molecular complexity index is 237. The summed E-state index contributed by atoms with van der Waals surface area (Å²) in [5, 5.41) is 2.46. The lowest BCUT2D eigenvalue weighted by molar-refractivity contribution is -2.00. The van der Waals surface area contributed by atoms with E-state index in [4.69, 9.17) is 37.3 Å². The first-order valence-electron chi connectivity index (χ1n) is 5.72. The third-order valence-corrected chi connectivity index (χ3v) is 3.54. The minimum atomic E-state index is -4.94. The third kappa shape index (κ3) is 12.0. The summed E-state index contributed by atoms with van der Waals surface area (Å²) in [6.45, 7) is 4.30. The average Bonchev–Trinajstić information content (AvgIpc) is 2.27. The van der Waals surface area contributed by atoms with Crippen LogP contribution in [-0.2, 0) is 0 Å². The lowest BCUT2D eigenvalue weighted by Gasteiger charge is -2.42. The van der Waals surface area contributed by atoms with Gasteiger partial charge in [-0.2, -0.15) is 0 Å². The van der Waals surface area contributed by atoms with Crippen molar-refractivity contribution in [3.8, 4) is 0 Å². The monoisotopic (exact) mass is 340 g/mol. The van der Waals surface area contributed by atoms with Crippen LogP contribution in [0.15, 0.2) is 0 Å². The van der Waals surface area contributed by atoms with Gasteiger partial charge in [0.25, 0.3) is 0 Å². The number of hydrogen-bond acceptors (Lipinski definition) is 8. The maximum atomic E-state index is 8.49. The largest absolute Gasteiger partial charge is 0.343 e. The number of nitrogens with two attached hydrogens (primary N) is 1. The van der Waals surface area contributed by atoms with Crippen LogP contribution in [0.25, 0.3) is 0 Å². The maximum absolute atomic E-state index is 8.49. The molecule has 12 heteroatoms. The molecule has 0 atom stereocenters. The lowest BCUT2D eigenvalue weighted by Crippen LogP contribution is -3.19. The second kappa shape index (κ2) is 7.98. The maximum Gasteiger partial charge on any atom is 0.112 e. The summed E-state index contributed by atoms with van der Waals surface area (Å²) in [6, 6.07) is 0. The molecule has 0 amide bonds. The van der Waals surface area contributed by atoms with Gasteiger partial charge in [0.2, 0.25) is 0 Å². The second-order valence-corrected chi connectivity index (χ2v) is 6.17. The van der Waals surface area contributed by atoms with Crippen LogP contribution < -0.4 is 47.5 Å². The molecule has 3 aliphatic rings. The van der Waals surface area contributed by atoms with Gasteiger partial charge in [-0.25, -0.2) is 37.3 Å². The molecule has 2 bridgehead atoms. The van der Waals surface area contributed by atoms with E-state index in [1.54, 1.807) is 0 Å². The van der Waals surface area contributed by atoms with Crippen molar-refractivity contribution in [2.45, 2.75) is 24.8 Å². The third-order valence-electron chi connectivity index (χ3n) is 3.54. The van der Waals surface area contributed by atoms with Gasteiger partial charge in [0.05, 0.1) is 45.9 Å². The molecule has 3 heterocycles. The van der Waals surface area contributed by atoms with E-state index in [1.165, 1.54) is 38.9 Å². The highest BCUT2D eigenvalue weighted by Gasteiger charge is 2.44. The summed E-state index contributed by atoms with van der Waals surface area (Å²) in [5.74, 6) is 0. The van der Waals surface area contributed by atoms with Crippen molar-refractivity contribution in [3.63, 3.8) is 0 Å². The van der Waals surface area contributed by atoms with E-state index in [2.05, 4.69) is 12.4 Å². The molecule has 3 fully saturated rings. The highest BCUT2D eigenvalue weighted by molar-refractivity contribution is 4.82. The van der Waals surface area contributed by atoms with E-state index in [1.807, 2.05) is 4.90 Å². The van der Waals surface area contributed by atoms with E-state index in [9.17, 15) is 0 Å². The van der Waals surface area contributed by atoms with Crippen LogP contribution in [-0.4, -0.2) is 32.2 Å². The van der Waals surface area contributed by atoms with Crippen LogP contribution in [0.2, 0.25) is 0 Å². The fourth-order valence-electron chi connectivity index (χ4n) is 2.46. The molecular formula is C8H18Cl2N2O8. The van der Waals surface area contributed by atoms with Gasteiger partial charge in [-0.15, -0.1) is 20.5 Å². The number of quaternary nitrogens is 2. The smallest absolute Gasteiger partial charge is 0.112 e. The van der Waals surface area contributed by atoms with Crippen molar-refractivity contribution in [1.29, 1.82) is 0 Å². The van der Waals surface area contributed by atoms with E-state index < -0.39 is 20.5 Å². The molecule has 0 unspecified atom stereocenters. The molecule has 0 spiro atoms. The molecule has 0 aromatic carbocycles. The molecule has 10 nitrogen and oxygen atoms in total. The molecule has 3 N–H and O–H groups in total. The van der Waals surface area contributed by atoms with E-state index >= 15 is 0 Å². The van der Waals surface area contributed by atoms with Crippen molar-refractivity contribution in [3.05, 3.63) is 0 Å². The number of nitrogens with one attached hydrogen (secondary N) is 1. The van der Waals surface area contributed by atoms with Gasteiger partial charge in [0.15, 0.2) is 0 Å². The summed E-state index contributed by atoms with van der Waals surface area (Å²) >= 11 is 0. The van der Waals surface area contributed by atoms with Gasteiger partial charge in [-0.05, 0) is 0 Å². The topological polar surface area (TPSA) is 206 Å². The Balaban J connectivity index is 0.000000310. The Hall–Kier alpha value is 0.180. The molecule has 0 aromatic rings. The van der Waals surface area contributed by atoms with Gasteiger partial charge in [0, 0.05) is 0 Å². The Kier molecular flexibility index (Phi) is 8.05. The second-order valence-electron chi connectivity index (χ2n) is 4.66. The summed E-state index contributed by atoms with van der Waals surface area (Å²) in [6.07, 6.45) is 4.37. The molecule has 20 heavy (non-hydrogen) atoms.